The molecule has 0 aliphatic heterocycles. The molecular weight excluding hydrogens is 240 g/mol. The first kappa shape index (κ1) is 13.5. The molecule has 0 saturated carbocycles. The Morgan fingerprint density at radius 1 is 1.26 bits per heavy atom. The van der Waals surface area contributed by atoms with Gasteiger partial charge in [0.2, 0.25) is 5.88 Å². The van der Waals surface area contributed by atoms with Crippen molar-refractivity contribution in [3.05, 3.63) is 29.8 Å². The molecule has 0 saturated heterocycles. The molecule has 0 radical (unpaired) electrons. The van der Waals surface area contributed by atoms with E-state index in [0.29, 0.717) is 18.4 Å². The number of aromatic nitrogens is 1. The maximum absolute atomic E-state index is 5.85. The molecule has 1 heterocycles. The Balaban J connectivity index is 2.30. The fourth-order valence-electron chi connectivity index (χ4n) is 2.03. The van der Waals surface area contributed by atoms with E-state index in [1.54, 1.807) is 0 Å². The molecule has 0 aliphatic rings. The second-order valence-corrected chi connectivity index (χ2v) is 4.93. The summed E-state index contributed by atoms with van der Waals surface area (Å²) < 4.78 is 10.6. The highest BCUT2D eigenvalue weighted by molar-refractivity contribution is 5.67. The van der Waals surface area contributed by atoms with E-state index in [4.69, 9.17) is 15.0 Å². The number of ether oxygens (including phenoxy) is 1. The van der Waals surface area contributed by atoms with Crippen LogP contribution in [0.4, 0.5) is 5.88 Å². The van der Waals surface area contributed by atoms with Crippen LogP contribution in [-0.2, 0) is 6.42 Å². The Kier molecular flexibility index (Phi) is 4.10. The largest absolute Gasteiger partial charge is 0.494 e. The Bertz CT molecular complexity index is 530. The molecular formula is C15H20N2O2. The van der Waals surface area contributed by atoms with E-state index in [0.717, 1.165) is 29.0 Å². The van der Waals surface area contributed by atoms with Crippen molar-refractivity contribution in [2.75, 3.05) is 12.3 Å². The zero-order valence-electron chi connectivity index (χ0n) is 11.6. The molecule has 4 heteroatoms. The summed E-state index contributed by atoms with van der Waals surface area (Å²) in [6.45, 7) is 6.92. The van der Waals surface area contributed by atoms with Crippen molar-refractivity contribution in [3.8, 4) is 17.0 Å². The highest BCUT2D eigenvalue weighted by atomic mass is 16.5. The van der Waals surface area contributed by atoms with Gasteiger partial charge in [-0.2, -0.15) is 0 Å². The molecule has 2 aromatic rings. The average Bonchev–Trinajstić information content (AvgIpc) is 2.72. The number of nitrogens with zero attached hydrogens (tertiary/aromatic N) is 1. The van der Waals surface area contributed by atoms with Gasteiger partial charge in [0, 0.05) is 11.1 Å². The molecule has 2 rings (SSSR count). The van der Waals surface area contributed by atoms with Crippen molar-refractivity contribution in [2.45, 2.75) is 27.2 Å². The van der Waals surface area contributed by atoms with Crippen molar-refractivity contribution < 1.29 is 9.26 Å². The summed E-state index contributed by atoms with van der Waals surface area (Å²) in [5, 5.41) is 4.07. The third kappa shape index (κ3) is 3.08. The Morgan fingerprint density at radius 3 is 2.53 bits per heavy atom. The third-order valence-corrected chi connectivity index (χ3v) is 2.87. The lowest BCUT2D eigenvalue weighted by molar-refractivity contribution is 0.340. The van der Waals surface area contributed by atoms with Crippen LogP contribution in [0.25, 0.3) is 11.3 Å². The van der Waals surface area contributed by atoms with Crippen molar-refractivity contribution in [3.63, 3.8) is 0 Å². The lowest BCUT2D eigenvalue weighted by atomic mass is 9.99. The SMILES string of the molecule is CCOc1ccc(-c2noc(N)c2CC(C)C)cc1. The molecule has 1 aromatic carbocycles. The molecule has 0 fully saturated rings. The maximum Gasteiger partial charge on any atom is 0.225 e. The number of rotatable bonds is 5. The summed E-state index contributed by atoms with van der Waals surface area (Å²) in [5.41, 5.74) is 8.66. The van der Waals surface area contributed by atoms with E-state index in [9.17, 15) is 0 Å². The highest BCUT2D eigenvalue weighted by Crippen LogP contribution is 2.30. The van der Waals surface area contributed by atoms with Gasteiger partial charge in [-0.1, -0.05) is 19.0 Å². The minimum atomic E-state index is 0.414. The van der Waals surface area contributed by atoms with Gasteiger partial charge in [0.25, 0.3) is 0 Å². The topological polar surface area (TPSA) is 61.3 Å². The number of nitrogens with two attached hydrogens (primary N) is 1. The van der Waals surface area contributed by atoms with Crippen LogP contribution in [-0.4, -0.2) is 11.8 Å². The molecule has 0 spiro atoms. The Hall–Kier alpha value is -1.97. The van der Waals surface area contributed by atoms with Crippen LogP contribution in [0.3, 0.4) is 0 Å². The monoisotopic (exact) mass is 260 g/mol. The van der Waals surface area contributed by atoms with Gasteiger partial charge in [0.15, 0.2) is 0 Å². The van der Waals surface area contributed by atoms with Gasteiger partial charge in [-0.25, -0.2) is 0 Å². The molecule has 4 nitrogen and oxygen atoms in total. The van der Waals surface area contributed by atoms with Crippen LogP contribution in [0, 0.1) is 5.92 Å². The maximum atomic E-state index is 5.85. The molecule has 0 bridgehead atoms. The molecule has 0 atom stereocenters. The van der Waals surface area contributed by atoms with Gasteiger partial charge >= 0.3 is 0 Å². The fraction of sp³-hybridized carbons (Fsp3) is 0.400. The first-order valence-electron chi connectivity index (χ1n) is 6.59. The van der Waals surface area contributed by atoms with E-state index in [2.05, 4.69) is 19.0 Å². The fourth-order valence-corrected chi connectivity index (χ4v) is 2.03. The number of benzene rings is 1. The summed E-state index contributed by atoms with van der Waals surface area (Å²) in [6.07, 6.45) is 0.859. The van der Waals surface area contributed by atoms with Gasteiger partial charge in [-0.3, -0.25) is 0 Å². The first-order valence-corrected chi connectivity index (χ1v) is 6.59. The summed E-state index contributed by atoms with van der Waals surface area (Å²) in [5.74, 6) is 1.77. The van der Waals surface area contributed by atoms with E-state index in [1.165, 1.54) is 0 Å². The molecule has 19 heavy (non-hydrogen) atoms. The predicted octanol–water partition coefficient (Wildman–Crippen LogP) is 3.52. The smallest absolute Gasteiger partial charge is 0.225 e. The number of hydrogen-bond donors (Lipinski definition) is 1. The third-order valence-electron chi connectivity index (χ3n) is 2.87. The van der Waals surface area contributed by atoms with E-state index in [-0.39, 0.29) is 0 Å². The lowest BCUT2D eigenvalue weighted by Crippen LogP contribution is -1.98. The Morgan fingerprint density at radius 2 is 1.95 bits per heavy atom. The molecule has 1 aromatic heterocycles. The van der Waals surface area contributed by atoms with Crippen LogP contribution in [0.15, 0.2) is 28.8 Å². The first-order chi connectivity index (χ1) is 9.11. The predicted molar refractivity (Wildman–Crippen MR) is 76.1 cm³/mol. The highest BCUT2D eigenvalue weighted by Gasteiger charge is 2.16. The summed E-state index contributed by atoms with van der Waals surface area (Å²) in [4.78, 5) is 0. The quantitative estimate of drug-likeness (QED) is 0.893. The van der Waals surface area contributed by atoms with Gasteiger partial charge in [-0.15, -0.1) is 0 Å². The normalized spacial score (nSPS) is 10.9. The summed E-state index contributed by atoms with van der Waals surface area (Å²) in [7, 11) is 0. The minimum absolute atomic E-state index is 0.414. The zero-order valence-corrected chi connectivity index (χ0v) is 11.6. The van der Waals surface area contributed by atoms with Gasteiger partial charge in [-0.05, 0) is 43.5 Å². The van der Waals surface area contributed by atoms with Gasteiger partial charge in [0.1, 0.15) is 11.4 Å². The van der Waals surface area contributed by atoms with E-state index < -0.39 is 0 Å². The van der Waals surface area contributed by atoms with E-state index >= 15 is 0 Å². The van der Waals surface area contributed by atoms with Crippen LogP contribution < -0.4 is 10.5 Å². The van der Waals surface area contributed by atoms with Crippen LogP contribution in [0.1, 0.15) is 26.3 Å². The second-order valence-electron chi connectivity index (χ2n) is 4.93. The molecule has 2 N–H and O–H groups in total. The second kappa shape index (κ2) is 5.78. The van der Waals surface area contributed by atoms with Gasteiger partial charge in [0.05, 0.1) is 6.61 Å². The van der Waals surface area contributed by atoms with Crippen molar-refractivity contribution in [1.29, 1.82) is 0 Å². The number of hydrogen-bond acceptors (Lipinski definition) is 4. The standard InChI is InChI=1S/C15H20N2O2/c1-4-18-12-7-5-11(6-8-12)14-13(9-10(2)3)15(16)19-17-14/h5-8,10H,4,9,16H2,1-3H3. The molecule has 0 aliphatic carbocycles. The minimum Gasteiger partial charge on any atom is -0.494 e. The molecule has 0 unspecified atom stereocenters. The number of anilines is 1. The summed E-state index contributed by atoms with van der Waals surface area (Å²) >= 11 is 0. The van der Waals surface area contributed by atoms with Crippen LogP contribution in [0.2, 0.25) is 0 Å². The van der Waals surface area contributed by atoms with Crippen LogP contribution in [0.5, 0.6) is 5.75 Å². The zero-order chi connectivity index (χ0) is 13.8. The van der Waals surface area contributed by atoms with Crippen molar-refractivity contribution in [2.24, 2.45) is 5.92 Å². The van der Waals surface area contributed by atoms with Gasteiger partial charge < -0.3 is 15.0 Å². The molecule has 0 amide bonds. The molecule has 102 valence electrons. The van der Waals surface area contributed by atoms with Crippen molar-refractivity contribution >= 4 is 5.88 Å². The van der Waals surface area contributed by atoms with Crippen LogP contribution >= 0.6 is 0 Å². The van der Waals surface area contributed by atoms with E-state index in [1.807, 2.05) is 31.2 Å². The summed E-state index contributed by atoms with van der Waals surface area (Å²) in [6, 6.07) is 7.82. The number of nitrogen functional groups attached to an aromatic ring is 1. The lowest BCUT2D eigenvalue weighted by Gasteiger charge is -2.06. The average molecular weight is 260 g/mol. The van der Waals surface area contributed by atoms with Crippen molar-refractivity contribution in [1.82, 2.24) is 5.16 Å². The Labute approximate surface area is 113 Å².